The fourth-order valence-electron chi connectivity index (χ4n) is 3.03. The molecule has 2 rings (SSSR count). The Labute approximate surface area is 189 Å². The maximum absolute atomic E-state index is 12.5. The van der Waals surface area contributed by atoms with Gasteiger partial charge in [0.05, 0.1) is 11.3 Å². The minimum absolute atomic E-state index is 0.0493. The largest absolute Gasteiger partial charge is 0.480 e. The number of carboxylic acid groups (broad SMARTS) is 1. The van der Waals surface area contributed by atoms with E-state index in [2.05, 4.69) is 22.3 Å². The van der Waals surface area contributed by atoms with Crippen molar-refractivity contribution in [3.63, 3.8) is 0 Å². The van der Waals surface area contributed by atoms with Crippen LogP contribution in [0.4, 0.5) is 11.4 Å². The van der Waals surface area contributed by atoms with Gasteiger partial charge in [-0.15, -0.1) is 0 Å². The molecule has 1 amide bonds. The lowest BCUT2D eigenvalue weighted by atomic mass is 10.1. The van der Waals surface area contributed by atoms with Crippen molar-refractivity contribution in [1.82, 2.24) is 5.32 Å². The van der Waals surface area contributed by atoms with Gasteiger partial charge in [-0.25, -0.2) is 8.42 Å². The van der Waals surface area contributed by atoms with Crippen LogP contribution in [0.1, 0.15) is 44.6 Å². The standard InChI is InChI=1S/C23H31N3O5S/c1-3-4-5-6-15-24-21(23(28)29)16-22(27)25-18-11-13-20(14-12-18)32(30,31)26-19-9-7-17(2)8-10-19/h7-14,21,24,26H,3-6,15-16H2,1-2H3,(H,25,27)(H,28,29). The van der Waals surface area contributed by atoms with E-state index in [1.807, 2.05) is 6.92 Å². The van der Waals surface area contributed by atoms with E-state index in [0.717, 1.165) is 31.2 Å². The highest BCUT2D eigenvalue weighted by molar-refractivity contribution is 7.92. The van der Waals surface area contributed by atoms with Gasteiger partial charge in [-0.3, -0.25) is 14.3 Å². The Morgan fingerprint density at radius 3 is 2.16 bits per heavy atom. The Morgan fingerprint density at radius 1 is 0.938 bits per heavy atom. The molecule has 0 radical (unpaired) electrons. The number of aryl methyl sites for hydroxylation is 1. The molecule has 32 heavy (non-hydrogen) atoms. The number of rotatable bonds is 13. The quantitative estimate of drug-likeness (QED) is 0.337. The summed E-state index contributed by atoms with van der Waals surface area (Å²) in [5.74, 6) is -1.55. The Balaban J connectivity index is 1.92. The molecule has 0 saturated heterocycles. The molecule has 0 saturated carbocycles. The summed E-state index contributed by atoms with van der Waals surface area (Å²) in [5.41, 5.74) is 1.86. The maximum atomic E-state index is 12.5. The summed E-state index contributed by atoms with van der Waals surface area (Å²) in [6, 6.07) is 11.7. The van der Waals surface area contributed by atoms with Crippen LogP contribution >= 0.6 is 0 Å². The second-order valence-electron chi connectivity index (χ2n) is 7.65. The molecule has 0 aliphatic heterocycles. The monoisotopic (exact) mass is 461 g/mol. The smallest absolute Gasteiger partial charge is 0.321 e. The number of amides is 1. The van der Waals surface area contributed by atoms with Crippen molar-refractivity contribution in [3.8, 4) is 0 Å². The Hall–Kier alpha value is -2.91. The maximum Gasteiger partial charge on any atom is 0.321 e. The number of aliphatic carboxylic acids is 1. The molecule has 0 spiro atoms. The molecule has 0 aliphatic carbocycles. The highest BCUT2D eigenvalue weighted by atomic mass is 32.2. The highest BCUT2D eigenvalue weighted by Crippen LogP contribution is 2.19. The van der Waals surface area contributed by atoms with Gasteiger partial charge in [0.25, 0.3) is 10.0 Å². The zero-order valence-electron chi connectivity index (χ0n) is 18.4. The van der Waals surface area contributed by atoms with Gasteiger partial charge in [-0.2, -0.15) is 0 Å². The normalized spacial score (nSPS) is 12.2. The third kappa shape index (κ3) is 8.32. The van der Waals surface area contributed by atoms with E-state index < -0.39 is 27.9 Å². The van der Waals surface area contributed by atoms with Crippen LogP contribution in [0.3, 0.4) is 0 Å². The molecule has 0 bridgehead atoms. The number of sulfonamides is 1. The third-order valence-corrected chi connectivity index (χ3v) is 6.26. The number of carbonyl (C=O) groups is 2. The molecular weight excluding hydrogens is 430 g/mol. The van der Waals surface area contributed by atoms with Gasteiger partial charge < -0.3 is 15.7 Å². The van der Waals surface area contributed by atoms with Gasteiger partial charge in [0.2, 0.25) is 5.91 Å². The zero-order valence-corrected chi connectivity index (χ0v) is 19.2. The van der Waals surface area contributed by atoms with Crippen LogP contribution < -0.4 is 15.4 Å². The van der Waals surface area contributed by atoms with Crippen LogP contribution in [0.5, 0.6) is 0 Å². The van der Waals surface area contributed by atoms with Gasteiger partial charge in [0.1, 0.15) is 6.04 Å². The van der Waals surface area contributed by atoms with Crippen molar-refractivity contribution in [2.45, 2.75) is 56.9 Å². The topological polar surface area (TPSA) is 125 Å². The van der Waals surface area contributed by atoms with Crippen LogP contribution in [0.15, 0.2) is 53.4 Å². The molecular formula is C23H31N3O5S. The van der Waals surface area contributed by atoms with Gasteiger partial charge in [-0.1, -0.05) is 43.9 Å². The summed E-state index contributed by atoms with van der Waals surface area (Å²) in [5, 5.41) is 14.9. The van der Waals surface area contributed by atoms with Crippen LogP contribution in [0.2, 0.25) is 0 Å². The SMILES string of the molecule is CCCCCCNC(CC(=O)Nc1ccc(S(=O)(=O)Nc2ccc(C)cc2)cc1)C(=O)O. The lowest BCUT2D eigenvalue weighted by molar-refractivity contribution is -0.141. The lowest BCUT2D eigenvalue weighted by Gasteiger charge is -2.14. The molecule has 1 unspecified atom stereocenters. The molecule has 2 aromatic carbocycles. The van der Waals surface area contributed by atoms with Crippen molar-refractivity contribution < 1.29 is 23.1 Å². The van der Waals surface area contributed by atoms with E-state index in [4.69, 9.17) is 0 Å². The minimum Gasteiger partial charge on any atom is -0.480 e. The second-order valence-corrected chi connectivity index (χ2v) is 9.34. The van der Waals surface area contributed by atoms with Gasteiger partial charge in [0.15, 0.2) is 0 Å². The van der Waals surface area contributed by atoms with Gasteiger partial charge in [0, 0.05) is 11.4 Å². The summed E-state index contributed by atoms with van der Waals surface area (Å²) in [6.07, 6.45) is 3.82. The minimum atomic E-state index is -3.77. The van der Waals surface area contributed by atoms with E-state index in [1.54, 1.807) is 24.3 Å². The first-order valence-electron chi connectivity index (χ1n) is 10.7. The fraction of sp³-hybridized carbons (Fsp3) is 0.391. The number of unbranched alkanes of at least 4 members (excludes halogenated alkanes) is 3. The van der Waals surface area contributed by atoms with E-state index >= 15 is 0 Å². The van der Waals surface area contributed by atoms with Crippen LogP contribution in [0, 0.1) is 6.92 Å². The number of nitrogens with one attached hydrogen (secondary N) is 3. The summed E-state index contributed by atoms with van der Waals surface area (Å²) in [7, 11) is -3.77. The third-order valence-electron chi connectivity index (χ3n) is 4.86. The van der Waals surface area contributed by atoms with Crippen LogP contribution in [0.25, 0.3) is 0 Å². The number of benzene rings is 2. The van der Waals surface area contributed by atoms with E-state index in [9.17, 15) is 23.1 Å². The Bertz CT molecular complexity index is 989. The van der Waals surface area contributed by atoms with Crippen molar-refractivity contribution in [3.05, 3.63) is 54.1 Å². The first kappa shape index (κ1) is 25.4. The molecule has 4 N–H and O–H groups in total. The number of carbonyl (C=O) groups excluding carboxylic acids is 1. The predicted molar refractivity (Wildman–Crippen MR) is 125 cm³/mol. The molecule has 0 fully saturated rings. The Morgan fingerprint density at radius 2 is 1.56 bits per heavy atom. The summed E-state index contributed by atoms with van der Waals surface area (Å²) in [6.45, 7) is 4.54. The van der Waals surface area contributed by atoms with E-state index in [1.165, 1.54) is 24.3 Å². The second kappa shape index (κ2) is 12.2. The average molecular weight is 462 g/mol. The fourth-order valence-corrected chi connectivity index (χ4v) is 4.08. The summed E-state index contributed by atoms with van der Waals surface area (Å²) in [4.78, 5) is 23.7. The van der Waals surface area contributed by atoms with Gasteiger partial charge >= 0.3 is 5.97 Å². The lowest BCUT2D eigenvalue weighted by Crippen LogP contribution is -2.40. The number of carboxylic acids is 1. The summed E-state index contributed by atoms with van der Waals surface area (Å²) >= 11 is 0. The number of anilines is 2. The first-order chi connectivity index (χ1) is 15.2. The molecule has 0 aromatic heterocycles. The predicted octanol–water partition coefficient (Wildman–Crippen LogP) is 3.75. The Kier molecular flexibility index (Phi) is 9.67. The van der Waals surface area contributed by atoms with Crippen molar-refractivity contribution in [2.75, 3.05) is 16.6 Å². The average Bonchev–Trinajstić information content (AvgIpc) is 2.74. The first-order valence-corrected chi connectivity index (χ1v) is 12.1. The van der Waals surface area contributed by atoms with Crippen LogP contribution in [-0.2, 0) is 19.6 Å². The molecule has 0 heterocycles. The summed E-state index contributed by atoms with van der Waals surface area (Å²) < 4.78 is 27.6. The zero-order chi connectivity index (χ0) is 23.6. The molecule has 174 valence electrons. The molecule has 0 aliphatic rings. The number of hydrogen-bond donors (Lipinski definition) is 4. The molecule has 9 heteroatoms. The van der Waals surface area contributed by atoms with Crippen molar-refractivity contribution in [2.24, 2.45) is 0 Å². The van der Waals surface area contributed by atoms with Crippen molar-refractivity contribution >= 4 is 33.3 Å². The van der Waals surface area contributed by atoms with Gasteiger partial charge in [-0.05, 0) is 56.3 Å². The van der Waals surface area contributed by atoms with Crippen LogP contribution in [-0.4, -0.2) is 38.0 Å². The number of hydrogen-bond acceptors (Lipinski definition) is 5. The highest BCUT2D eigenvalue weighted by Gasteiger charge is 2.21. The van der Waals surface area contributed by atoms with E-state index in [0.29, 0.717) is 17.9 Å². The molecule has 8 nitrogen and oxygen atoms in total. The molecule has 1 atom stereocenters. The van der Waals surface area contributed by atoms with Crippen molar-refractivity contribution in [1.29, 1.82) is 0 Å². The van der Waals surface area contributed by atoms with E-state index in [-0.39, 0.29) is 11.3 Å². The molecule has 2 aromatic rings.